The lowest BCUT2D eigenvalue weighted by atomic mass is 9.97. The summed E-state index contributed by atoms with van der Waals surface area (Å²) in [5.41, 5.74) is 2.98. The Labute approximate surface area is 104 Å². The van der Waals surface area contributed by atoms with Gasteiger partial charge in [0.2, 0.25) is 0 Å². The largest absolute Gasteiger partial charge is 0.385 e. The molecule has 0 fully saturated rings. The van der Waals surface area contributed by atoms with Crippen LogP contribution in [0.4, 0.5) is 5.69 Å². The molecule has 1 nitrogen and oxygen atoms in total. The maximum absolute atomic E-state index is 3.46. The van der Waals surface area contributed by atoms with Crippen molar-refractivity contribution < 1.29 is 0 Å². The van der Waals surface area contributed by atoms with Crippen molar-refractivity contribution in [1.29, 1.82) is 0 Å². The number of hydrogen-bond donors (Lipinski definition) is 1. The van der Waals surface area contributed by atoms with Crippen LogP contribution in [0.25, 0.3) is 0 Å². The van der Waals surface area contributed by atoms with Crippen LogP contribution in [0.2, 0.25) is 0 Å². The van der Waals surface area contributed by atoms with E-state index >= 15 is 0 Å². The number of anilines is 1. The molecule has 0 bridgehead atoms. The Morgan fingerprint density at radius 1 is 1.12 bits per heavy atom. The van der Waals surface area contributed by atoms with E-state index in [-0.39, 0.29) is 0 Å². The molecule has 0 unspecified atom stereocenters. The first-order valence-electron chi connectivity index (χ1n) is 5.83. The summed E-state index contributed by atoms with van der Waals surface area (Å²) in [6.45, 7) is 7.74. The van der Waals surface area contributed by atoms with Gasteiger partial charge in [0, 0.05) is 12.2 Å². The van der Waals surface area contributed by atoms with Crippen molar-refractivity contribution in [3.63, 3.8) is 0 Å². The molecule has 16 heavy (non-hydrogen) atoms. The topological polar surface area (TPSA) is 12.0 Å². The second-order valence-electron chi connectivity index (χ2n) is 5.35. The summed E-state index contributed by atoms with van der Waals surface area (Å²) in [5.74, 6) is 1.20. The van der Waals surface area contributed by atoms with Crippen LogP contribution in [0, 0.1) is 5.41 Å². The Morgan fingerprint density at radius 2 is 1.75 bits per heavy atom. The van der Waals surface area contributed by atoms with E-state index in [9.17, 15) is 0 Å². The summed E-state index contributed by atoms with van der Waals surface area (Å²) >= 11 is 1.90. The molecule has 0 amide bonds. The van der Waals surface area contributed by atoms with Gasteiger partial charge in [0.1, 0.15) is 0 Å². The second-order valence-corrected chi connectivity index (χ2v) is 6.34. The highest BCUT2D eigenvalue weighted by molar-refractivity contribution is 7.98. The highest BCUT2D eigenvalue weighted by Crippen LogP contribution is 2.16. The predicted octanol–water partition coefficient (Wildman–Crippen LogP) is 4.05. The minimum absolute atomic E-state index is 0.331. The standard InChI is InChI=1S/C14H23NS/c1-14(2,3)11-15-13-7-5-12(6-8-13)9-10-16-4/h5-8,15H,9-11H2,1-4H3. The van der Waals surface area contributed by atoms with Gasteiger partial charge in [-0.05, 0) is 41.5 Å². The van der Waals surface area contributed by atoms with Gasteiger partial charge in [-0.25, -0.2) is 0 Å². The van der Waals surface area contributed by atoms with Gasteiger partial charge in [-0.3, -0.25) is 0 Å². The minimum atomic E-state index is 0.331. The lowest BCUT2D eigenvalue weighted by Crippen LogP contribution is -2.18. The lowest BCUT2D eigenvalue weighted by Gasteiger charge is -2.19. The van der Waals surface area contributed by atoms with Crippen LogP contribution in [0.3, 0.4) is 0 Å². The SMILES string of the molecule is CSCCc1ccc(NCC(C)(C)C)cc1. The quantitative estimate of drug-likeness (QED) is 0.829. The van der Waals surface area contributed by atoms with Crippen molar-refractivity contribution in [1.82, 2.24) is 0 Å². The predicted molar refractivity (Wildman–Crippen MR) is 76.5 cm³/mol. The highest BCUT2D eigenvalue weighted by atomic mass is 32.2. The monoisotopic (exact) mass is 237 g/mol. The molecule has 0 saturated carbocycles. The van der Waals surface area contributed by atoms with Crippen LogP contribution in [0.5, 0.6) is 0 Å². The first-order valence-corrected chi connectivity index (χ1v) is 7.22. The van der Waals surface area contributed by atoms with Crippen LogP contribution in [-0.4, -0.2) is 18.6 Å². The molecule has 0 aromatic heterocycles. The zero-order valence-corrected chi connectivity index (χ0v) is 11.7. The van der Waals surface area contributed by atoms with Crippen molar-refractivity contribution in [3.8, 4) is 0 Å². The third-order valence-corrected chi connectivity index (χ3v) is 2.98. The molecule has 0 saturated heterocycles. The molecule has 0 spiro atoms. The summed E-state index contributed by atoms with van der Waals surface area (Å²) in [5, 5.41) is 3.46. The summed E-state index contributed by atoms with van der Waals surface area (Å²) in [4.78, 5) is 0. The number of benzene rings is 1. The van der Waals surface area contributed by atoms with Gasteiger partial charge in [-0.2, -0.15) is 11.8 Å². The van der Waals surface area contributed by atoms with Crippen molar-refractivity contribution >= 4 is 17.4 Å². The number of rotatable bonds is 5. The molecule has 0 atom stereocenters. The molecule has 0 aliphatic heterocycles. The maximum Gasteiger partial charge on any atom is 0.0340 e. The summed E-state index contributed by atoms with van der Waals surface area (Å²) in [7, 11) is 0. The normalized spacial score (nSPS) is 11.5. The van der Waals surface area contributed by atoms with E-state index in [4.69, 9.17) is 0 Å². The third kappa shape index (κ3) is 5.45. The van der Waals surface area contributed by atoms with E-state index in [2.05, 4.69) is 56.6 Å². The Bertz CT molecular complexity index is 298. The van der Waals surface area contributed by atoms with Crippen LogP contribution < -0.4 is 5.32 Å². The molecule has 0 aliphatic rings. The fraction of sp³-hybridized carbons (Fsp3) is 0.571. The zero-order chi connectivity index (χ0) is 12.0. The fourth-order valence-electron chi connectivity index (χ4n) is 1.38. The van der Waals surface area contributed by atoms with Crippen molar-refractivity contribution in [2.24, 2.45) is 5.41 Å². The molecule has 1 N–H and O–H groups in total. The molecule has 1 rings (SSSR count). The molecule has 2 heteroatoms. The number of nitrogens with one attached hydrogen (secondary N) is 1. The summed E-state index contributed by atoms with van der Waals surface area (Å²) in [6.07, 6.45) is 3.32. The van der Waals surface area contributed by atoms with Gasteiger partial charge < -0.3 is 5.32 Å². The smallest absolute Gasteiger partial charge is 0.0340 e. The number of aryl methyl sites for hydroxylation is 1. The van der Waals surface area contributed by atoms with Gasteiger partial charge in [0.15, 0.2) is 0 Å². The molecule has 90 valence electrons. The van der Waals surface area contributed by atoms with Crippen molar-refractivity contribution in [2.45, 2.75) is 27.2 Å². The molecular formula is C14H23NS. The molecule has 1 aromatic carbocycles. The molecule has 1 aromatic rings. The molecule has 0 aliphatic carbocycles. The Balaban J connectivity index is 2.45. The fourth-order valence-corrected chi connectivity index (χ4v) is 1.82. The molecular weight excluding hydrogens is 214 g/mol. The average Bonchev–Trinajstić information content (AvgIpc) is 2.24. The van der Waals surface area contributed by atoms with E-state index in [1.165, 1.54) is 23.4 Å². The zero-order valence-electron chi connectivity index (χ0n) is 10.8. The van der Waals surface area contributed by atoms with Gasteiger partial charge in [0.25, 0.3) is 0 Å². The van der Waals surface area contributed by atoms with Crippen molar-refractivity contribution in [2.75, 3.05) is 23.9 Å². The second kappa shape index (κ2) is 6.19. The highest BCUT2D eigenvalue weighted by Gasteiger charge is 2.08. The third-order valence-electron chi connectivity index (χ3n) is 2.37. The van der Waals surface area contributed by atoms with Crippen LogP contribution >= 0.6 is 11.8 Å². The first kappa shape index (κ1) is 13.4. The van der Waals surface area contributed by atoms with E-state index in [1.54, 1.807) is 0 Å². The van der Waals surface area contributed by atoms with Crippen LogP contribution in [-0.2, 0) is 6.42 Å². The lowest BCUT2D eigenvalue weighted by molar-refractivity contribution is 0.443. The van der Waals surface area contributed by atoms with Crippen LogP contribution in [0.15, 0.2) is 24.3 Å². The Morgan fingerprint density at radius 3 is 2.25 bits per heavy atom. The maximum atomic E-state index is 3.46. The van der Waals surface area contributed by atoms with E-state index in [1.807, 2.05) is 11.8 Å². The average molecular weight is 237 g/mol. The van der Waals surface area contributed by atoms with Crippen molar-refractivity contribution in [3.05, 3.63) is 29.8 Å². The van der Waals surface area contributed by atoms with E-state index in [0.29, 0.717) is 5.41 Å². The van der Waals surface area contributed by atoms with Gasteiger partial charge in [-0.15, -0.1) is 0 Å². The van der Waals surface area contributed by atoms with Gasteiger partial charge in [-0.1, -0.05) is 32.9 Å². The Hall–Kier alpha value is -0.630. The van der Waals surface area contributed by atoms with Gasteiger partial charge >= 0.3 is 0 Å². The van der Waals surface area contributed by atoms with Gasteiger partial charge in [0.05, 0.1) is 0 Å². The molecule has 0 heterocycles. The van der Waals surface area contributed by atoms with E-state index in [0.717, 1.165) is 6.54 Å². The number of thioether (sulfide) groups is 1. The van der Waals surface area contributed by atoms with E-state index < -0.39 is 0 Å². The Kier molecular flexibility index (Phi) is 5.20. The number of hydrogen-bond acceptors (Lipinski definition) is 2. The van der Waals surface area contributed by atoms with Crippen LogP contribution in [0.1, 0.15) is 26.3 Å². The summed E-state index contributed by atoms with van der Waals surface area (Å²) < 4.78 is 0. The minimum Gasteiger partial charge on any atom is -0.385 e. The first-order chi connectivity index (χ1) is 7.51. The summed E-state index contributed by atoms with van der Waals surface area (Å²) in [6, 6.07) is 8.81. The molecule has 0 radical (unpaired) electrons.